The molecule has 3 rings (SSSR count). The molecule has 7 heteroatoms. The van der Waals surface area contributed by atoms with E-state index in [0.717, 1.165) is 6.42 Å². The Morgan fingerprint density at radius 2 is 1.97 bits per heavy atom. The number of aliphatic hydroxyl groups excluding tert-OH is 1. The number of aliphatic hydroxyl groups is 1. The van der Waals surface area contributed by atoms with E-state index in [1.54, 1.807) is 18.2 Å². The van der Waals surface area contributed by atoms with E-state index in [1.165, 1.54) is 36.3 Å². The van der Waals surface area contributed by atoms with Crippen LogP contribution in [0.15, 0.2) is 48.0 Å². The lowest BCUT2D eigenvalue weighted by Crippen LogP contribution is -2.31. The Hall–Kier alpha value is -2.86. The van der Waals surface area contributed by atoms with Crippen molar-refractivity contribution in [1.82, 2.24) is 4.90 Å². The number of rotatable bonds is 6. The van der Waals surface area contributed by atoms with Crippen LogP contribution in [0.3, 0.4) is 0 Å². The van der Waals surface area contributed by atoms with Crippen molar-refractivity contribution in [2.24, 2.45) is 0 Å². The van der Waals surface area contributed by atoms with Crippen molar-refractivity contribution in [3.63, 3.8) is 0 Å². The monoisotopic (exact) mass is 417 g/mol. The van der Waals surface area contributed by atoms with Crippen LogP contribution in [-0.4, -0.2) is 35.4 Å². The van der Waals surface area contributed by atoms with Crippen LogP contribution < -0.4 is 4.74 Å². The lowest BCUT2D eigenvalue weighted by atomic mass is 9.94. The van der Waals surface area contributed by atoms with E-state index in [1.807, 2.05) is 6.92 Å². The summed E-state index contributed by atoms with van der Waals surface area (Å²) < 4.78 is 19.9. The molecule has 0 spiro atoms. The molecule has 1 aliphatic heterocycles. The summed E-state index contributed by atoms with van der Waals surface area (Å²) in [6.07, 6.45) is 1.42. The summed E-state index contributed by atoms with van der Waals surface area (Å²) in [7, 11) is 1.41. The summed E-state index contributed by atoms with van der Waals surface area (Å²) in [4.78, 5) is 26.9. The predicted octanol–water partition coefficient (Wildman–Crippen LogP) is 4.71. The number of halogens is 2. The third-order valence-electron chi connectivity index (χ3n) is 4.91. The second-order valence-electron chi connectivity index (χ2n) is 6.71. The fraction of sp³-hybridized carbons (Fsp3) is 0.273. The first kappa shape index (κ1) is 20.9. The van der Waals surface area contributed by atoms with E-state index >= 15 is 0 Å². The Morgan fingerprint density at radius 1 is 1.24 bits per heavy atom. The molecular weight excluding hydrogens is 397 g/mol. The second kappa shape index (κ2) is 8.66. The van der Waals surface area contributed by atoms with Gasteiger partial charge >= 0.3 is 0 Å². The molecule has 1 amide bonds. The Labute approximate surface area is 173 Å². The molecule has 1 N–H and O–H groups in total. The van der Waals surface area contributed by atoms with E-state index < -0.39 is 29.3 Å². The number of likely N-dealkylation sites (tertiary alicyclic amines) is 1. The molecule has 2 aromatic carbocycles. The minimum Gasteiger partial charge on any atom is -0.507 e. The number of ketones is 1. The predicted molar refractivity (Wildman–Crippen MR) is 108 cm³/mol. The molecule has 0 radical (unpaired) electrons. The second-order valence-corrected chi connectivity index (χ2v) is 7.15. The smallest absolute Gasteiger partial charge is 0.295 e. The summed E-state index contributed by atoms with van der Waals surface area (Å²) >= 11 is 6.05. The summed E-state index contributed by atoms with van der Waals surface area (Å²) in [5.41, 5.74) is 0.122. The first-order valence-corrected chi connectivity index (χ1v) is 9.65. The topological polar surface area (TPSA) is 66.8 Å². The fourth-order valence-corrected chi connectivity index (χ4v) is 3.64. The van der Waals surface area contributed by atoms with E-state index in [4.69, 9.17) is 16.3 Å². The van der Waals surface area contributed by atoms with Crippen LogP contribution in [0.5, 0.6) is 5.75 Å². The molecule has 1 saturated heterocycles. The number of benzene rings is 2. The van der Waals surface area contributed by atoms with Crippen molar-refractivity contribution < 1.29 is 23.8 Å². The van der Waals surface area contributed by atoms with Crippen LogP contribution in [0.4, 0.5) is 4.39 Å². The van der Waals surface area contributed by atoms with Crippen molar-refractivity contribution in [1.29, 1.82) is 0 Å². The van der Waals surface area contributed by atoms with Gasteiger partial charge in [0.15, 0.2) is 0 Å². The van der Waals surface area contributed by atoms with E-state index in [-0.39, 0.29) is 29.0 Å². The van der Waals surface area contributed by atoms with E-state index in [2.05, 4.69) is 0 Å². The third kappa shape index (κ3) is 3.85. The molecule has 29 heavy (non-hydrogen) atoms. The van der Waals surface area contributed by atoms with Gasteiger partial charge in [0, 0.05) is 17.1 Å². The number of ether oxygens (including phenoxy) is 1. The van der Waals surface area contributed by atoms with Gasteiger partial charge in [0.1, 0.15) is 17.3 Å². The molecular formula is C22H21ClFNO4. The van der Waals surface area contributed by atoms with Crippen molar-refractivity contribution in [2.45, 2.75) is 25.8 Å². The fourth-order valence-electron chi connectivity index (χ4n) is 3.47. The van der Waals surface area contributed by atoms with Gasteiger partial charge in [0.25, 0.3) is 11.7 Å². The summed E-state index contributed by atoms with van der Waals surface area (Å²) in [5, 5.41) is 11.3. The van der Waals surface area contributed by atoms with Gasteiger partial charge in [-0.3, -0.25) is 9.59 Å². The largest absolute Gasteiger partial charge is 0.507 e. The van der Waals surface area contributed by atoms with Gasteiger partial charge in [-0.1, -0.05) is 43.1 Å². The highest BCUT2D eigenvalue weighted by Crippen LogP contribution is 2.42. The quantitative estimate of drug-likeness (QED) is 0.420. The number of Topliss-reactive ketones (excluding diaryl/α,β-unsaturated/α-hetero) is 1. The molecule has 1 aliphatic rings. The first-order chi connectivity index (χ1) is 13.9. The molecule has 0 saturated carbocycles. The van der Waals surface area contributed by atoms with Gasteiger partial charge in [-0.15, -0.1) is 0 Å². The van der Waals surface area contributed by atoms with Crippen molar-refractivity contribution in [2.75, 3.05) is 13.7 Å². The van der Waals surface area contributed by atoms with Gasteiger partial charge < -0.3 is 14.7 Å². The molecule has 1 fully saturated rings. The average molecular weight is 418 g/mol. The average Bonchev–Trinajstić information content (AvgIpc) is 2.96. The van der Waals surface area contributed by atoms with E-state index in [0.29, 0.717) is 11.4 Å². The number of nitrogens with zero attached hydrogens (tertiary/aromatic N) is 1. The van der Waals surface area contributed by atoms with Gasteiger partial charge in [-0.2, -0.15) is 0 Å². The minimum absolute atomic E-state index is 0.144. The minimum atomic E-state index is -1.04. The highest BCUT2D eigenvalue weighted by atomic mass is 35.5. The molecule has 0 bridgehead atoms. The van der Waals surface area contributed by atoms with Crippen LogP contribution in [0, 0.1) is 5.82 Å². The molecule has 5 nitrogen and oxygen atoms in total. The molecule has 2 aromatic rings. The molecule has 0 aliphatic carbocycles. The number of unbranched alkanes of at least 4 members (excludes halogenated alkanes) is 1. The molecule has 152 valence electrons. The van der Waals surface area contributed by atoms with Crippen LogP contribution in [0.25, 0.3) is 5.76 Å². The summed E-state index contributed by atoms with van der Waals surface area (Å²) in [6.45, 7) is 2.22. The van der Waals surface area contributed by atoms with Crippen molar-refractivity contribution in [3.8, 4) is 5.75 Å². The lowest BCUT2D eigenvalue weighted by molar-refractivity contribution is -0.139. The Bertz CT molecular complexity index is 989. The van der Waals surface area contributed by atoms with Gasteiger partial charge in [-0.05, 0) is 30.7 Å². The molecule has 1 atom stereocenters. The molecule has 1 heterocycles. The SMILES string of the molecule is CCCCN1C(=O)C(=O)/C(=C(/O)c2cc(Cl)ccc2OC)C1c1ccccc1F. The highest BCUT2D eigenvalue weighted by Gasteiger charge is 2.46. The number of amides is 1. The lowest BCUT2D eigenvalue weighted by Gasteiger charge is -2.25. The van der Waals surface area contributed by atoms with Crippen LogP contribution in [0.1, 0.15) is 36.9 Å². The molecule has 0 aromatic heterocycles. The normalized spacial score (nSPS) is 18.3. The maximum atomic E-state index is 14.6. The number of hydrogen-bond donors (Lipinski definition) is 1. The van der Waals surface area contributed by atoms with Crippen LogP contribution in [-0.2, 0) is 9.59 Å². The highest BCUT2D eigenvalue weighted by molar-refractivity contribution is 6.46. The Kier molecular flexibility index (Phi) is 6.23. The first-order valence-electron chi connectivity index (χ1n) is 9.27. The van der Waals surface area contributed by atoms with Crippen LogP contribution >= 0.6 is 11.6 Å². The van der Waals surface area contributed by atoms with Crippen LogP contribution in [0.2, 0.25) is 5.02 Å². The zero-order chi connectivity index (χ0) is 21.1. The summed E-state index contributed by atoms with van der Waals surface area (Å²) in [6, 6.07) is 9.44. The third-order valence-corrected chi connectivity index (χ3v) is 5.14. The standard InChI is InChI=1S/C22H21ClFNO4/c1-3-4-11-25-19(14-7-5-6-8-16(14)24)18(21(27)22(25)28)20(26)15-12-13(23)9-10-17(15)29-2/h5-10,12,19,26H,3-4,11H2,1-2H3/b20-18+. The van der Waals surface area contributed by atoms with Crippen molar-refractivity contribution >= 4 is 29.1 Å². The van der Waals surface area contributed by atoms with Crippen molar-refractivity contribution in [3.05, 3.63) is 70.0 Å². The van der Waals surface area contributed by atoms with Gasteiger partial charge in [0.2, 0.25) is 0 Å². The Morgan fingerprint density at radius 3 is 2.62 bits per heavy atom. The number of carbonyl (C=O) groups excluding carboxylic acids is 2. The number of methoxy groups -OCH3 is 1. The van der Waals surface area contributed by atoms with Gasteiger partial charge in [0.05, 0.1) is 24.3 Å². The zero-order valence-corrected chi connectivity index (χ0v) is 16.9. The molecule has 1 unspecified atom stereocenters. The maximum Gasteiger partial charge on any atom is 0.295 e. The number of carbonyl (C=O) groups is 2. The Balaban J connectivity index is 2.25. The zero-order valence-electron chi connectivity index (χ0n) is 16.1. The number of hydrogen-bond acceptors (Lipinski definition) is 4. The summed E-state index contributed by atoms with van der Waals surface area (Å²) in [5.74, 6) is -2.37. The van der Waals surface area contributed by atoms with E-state index in [9.17, 15) is 19.1 Å². The van der Waals surface area contributed by atoms with Gasteiger partial charge in [-0.25, -0.2) is 4.39 Å². The maximum absolute atomic E-state index is 14.6.